The molecule has 0 saturated carbocycles. The van der Waals surface area contributed by atoms with Crippen LogP contribution in [0.5, 0.6) is 11.5 Å². The number of rotatable bonds is 9. The third-order valence-corrected chi connectivity index (χ3v) is 5.23. The second-order valence-electron chi connectivity index (χ2n) is 7.70. The van der Waals surface area contributed by atoms with Crippen molar-refractivity contribution in [3.05, 3.63) is 77.9 Å². The molecule has 0 spiro atoms. The number of aliphatic hydroxyl groups excluding tert-OH is 1. The molecule has 1 N–H and O–H groups in total. The number of aliphatic hydroxyl groups is 1. The van der Waals surface area contributed by atoms with Crippen molar-refractivity contribution in [2.45, 2.75) is 6.04 Å². The summed E-state index contributed by atoms with van der Waals surface area (Å²) in [6, 6.07) is 13.2. The van der Waals surface area contributed by atoms with E-state index in [1.165, 1.54) is 12.0 Å². The molecule has 1 saturated heterocycles. The number of amides is 1. The molecule has 3 rings (SSSR count). The molecule has 1 aliphatic heterocycles. The second kappa shape index (κ2) is 10.2. The van der Waals surface area contributed by atoms with Crippen LogP contribution in [0.2, 0.25) is 0 Å². The summed E-state index contributed by atoms with van der Waals surface area (Å²) in [5.74, 6) is -0.385. The number of hydrogen-bond donors (Lipinski definition) is 1. The van der Waals surface area contributed by atoms with Crippen LogP contribution in [-0.4, -0.2) is 67.5 Å². The molecule has 168 valence electrons. The van der Waals surface area contributed by atoms with Gasteiger partial charge in [-0.2, -0.15) is 0 Å². The molecule has 0 bridgehead atoms. The maximum atomic E-state index is 13.0. The van der Waals surface area contributed by atoms with E-state index >= 15 is 0 Å². The number of carbonyl (C=O) groups is 2. The van der Waals surface area contributed by atoms with Gasteiger partial charge in [-0.25, -0.2) is 0 Å². The van der Waals surface area contributed by atoms with Crippen LogP contribution < -0.4 is 9.47 Å². The zero-order valence-electron chi connectivity index (χ0n) is 18.6. The van der Waals surface area contributed by atoms with Crippen LogP contribution in [0.1, 0.15) is 17.2 Å². The minimum absolute atomic E-state index is 0.0572. The average molecular weight is 437 g/mol. The molecule has 32 heavy (non-hydrogen) atoms. The maximum Gasteiger partial charge on any atom is 0.295 e. The lowest BCUT2D eigenvalue weighted by molar-refractivity contribution is -0.140. The van der Waals surface area contributed by atoms with Gasteiger partial charge in [-0.05, 0) is 43.9 Å². The Balaban J connectivity index is 2.09. The van der Waals surface area contributed by atoms with E-state index in [4.69, 9.17) is 9.47 Å². The summed E-state index contributed by atoms with van der Waals surface area (Å²) in [6.07, 6.45) is 1.65. The first-order valence-electron chi connectivity index (χ1n) is 10.3. The van der Waals surface area contributed by atoms with Crippen LogP contribution in [0.25, 0.3) is 5.76 Å². The second-order valence-corrected chi connectivity index (χ2v) is 7.70. The lowest BCUT2D eigenvalue weighted by Crippen LogP contribution is -2.35. The van der Waals surface area contributed by atoms with Crippen molar-refractivity contribution in [3.8, 4) is 11.5 Å². The van der Waals surface area contributed by atoms with E-state index in [9.17, 15) is 14.7 Å². The Morgan fingerprint density at radius 2 is 1.88 bits per heavy atom. The molecule has 1 unspecified atom stereocenters. The fourth-order valence-electron chi connectivity index (χ4n) is 3.59. The molecule has 1 aliphatic rings. The zero-order valence-corrected chi connectivity index (χ0v) is 18.6. The van der Waals surface area contributed by atoms with Crippen LogP contribution in [0.3, 0.4) is 0 Å². The molecule has 0 aromatic heterocycles. The number of benzene rings is 2. The number of ether oxygens (including phenoxy) is 2. The summed E-state index contributed by atoms with van der Waals surface area (Å²) in [7, 11) is 5.32. The molecule has 7 heteroatoms. The minimum atomic E-state index is -0.713. The standard InChI is InChI=1S/C25H28N2O5/c1-5-15-32-19-11-9-17(10-12-19)22-21(23(28)18-7-6-8-20(16-18)31-4)24(29)25(30)27(22)14-13-26(2)3/h5-12,16,22,28H,1,13-15H2,2-4H3/b23-21+. The van der Waals surface area contributed by atoms with E-state index in [0.717, 1.165) is 0 Å². The molecule has 1 heterocycles. The van der Waals surface area contributed by atoms with Gasteiger partial charge in [0.05, 0.1) is 18.7 Å². The van der Waals surface area contributed by atoms with E-state index in [-0.39, 0.29) is 11.3 Å². The van der Waals surface area contributed by atoms with E-state index < -0.39 is 17.7 Å². The van der Waals surface area contributed by atoms with Gasteiger partial charge in [0.1, 0.15) is 23.9 Å². The van der Waals surface area contributed by atoms with Crippen molar-refractivity contribution in [1.29, 1.82) is 0 Å². The van der Waals surface area contributed by atoms with Crippen molar-refractivity contribution >= 4 is 17.4 Å². The monoisotopic (exact) mass is 436 g/mol. The fraction of sp³-hybridized carbons (Fsp3) is 0.280. The normalized spacial score (nSPS) is 17.6. The molecule has 7 nitrogen and oxygen atoms in total. The van der Waals surface area contributed by atoms with E-state index in [1.54, 1.807) is 54.6 Å². The number of likely N-dealkylation sites (N-methyl/N-ethyl adjacent to an activating group) is 1. The van der Waals surface area contributed by atoms with Crippen molar-refractivity contribution < 1.29 is 24.2 Å². The summed E-state index contributed by atoms with van der Waals surface area (Å²) < 4.78 is 10.8. The van der Waals surface area contributed by atoms with Gasteiger partial charge in [0, 0.05) is 18.7 Å². The predicted octanol–water partition coefficient (Wildman–Crippen LogP) is 3.24. The summed E-state index contributed by atoms with van der Waals surface area (Å²) in [4.78, 5) is 29.4. The Morgan fingerprint density at radius 1 is 1.16 bits per heavy atom. The Kier molecular flexibility index (Phi) is 7.33. The number of Topliss-reactive ketones (excluding diaryl/α,β-unsaturated/α-hetero) is 1. The number of carbonyl (C=O) groups excluding carboxylic acids is 2. The van der Waals surface area contributed by atoms with Gasteiger partial charge >= 0.3 is 0 Å². The SMILES string of the molecule is C=CCOc1ccc(C2/C(=C(\O)c3cccc(OC)c3)C(=O)C(=O)N2CCN(C)C)cc1. The number of methoxy groups -OCH3 is 1. The highest BCUT2D eigenvalue weighted by atomic mass is 16.5. The smallest absolute Gasteiger partial charge is 0.295 e. The minimum Gasteiger partial charge on any atom is -0.507 e. The molecule has 1 fully saturated rings. The highest BCUT2D eigenvalue weighted by Crippen LogP contribution is 2.40. The predicted molar refractivity (Wildman–Crippen MR) is 123 cm³/mol. The maximum absolute atomic E-state index is 13.0. The summed E-state index contributed by atoms with van der Waals surface area (Å²) in [5.41, 5.74) is 1.17. The molecule has 0 radical (unpaired) electrons. The van der Waals surface area contributed by atoms with Crippen LogP contribution >= 0.6 is 0 Å². The lowest BCUT2D eigenvalue weighted by Gasteiger charge is -2.26. The van der Waals surface area contributed by atoms with Gasteiger partial charge in [0.2, 0.25) is 0 Å². The van der Waals surface area contributed by atoms with Crippen molar-refractivity contribution in [2.24, 2.45) is 0 Å². The van der Waals surface area contributed by atoms with Crippen molar-refractivity contribution in [3.63, 3.8) is 0 Å². The number of ketones is 1. The highest BCUT2D eigenvalue weighted by molar-refractivity contribution is 6.46. The number of nitrogens with zero attached hydrogens (tertiary/aromatic N) is 2. The van der Waals surface area contributed by atoms with Gasteiger partial charge in [-0.15, -0.1) is 0 Å². The molecule has 1 amide bonds. The van der Waals surface area contributed by atoms with Crippen molar-refractivity contribution in [1.82, 2.24) is 9.80 Å². The number of hydrogen-bond acceptors (Lipinski definition) is 6. The summed E-state index contributed by atoms with van der Waals surface area (Å²) in [6.45, 7) is 4.92. The Morgan fingerprint density at radius 3 is 2.50 bits per heavy atom. The first-order valence-corrected chi connectivity index (χ1v) is 10.3. The molecule has 2 aromatic rings. The van der Waals surface area contributed by atoms with Gasteiger partial charge in [0.15, 0.2) is 0 Å². The van der Waals surface area contributed by atoms with Gasteiger partial charge < -0.3 is 24.4 Å². The Labute approximate surface area is 188 Å². The van der Waals surface area contributed by atoms with E-state index in [1.807, 2.05) is 19.0 Å². The lowest BCUT2D eigenvalue weighted by atomic mass is 9.95. The molecule has 1 atom stereocenters. The van der Waals surface area contributed by atoms with E-state index in [2.05, 4.69) is 6.58 Å². The molecule has 2 aromatic carbocycles. The van der Waals surface area contributed by atoms with Crippen LogP contribution in [0.4, 0.5) is 0 Å². The first-order chi connectivity index (χ1) is 15.4. The quantitative estimate of drug-likeness (QED) is 0.281. The Hall–Kier alpha value is -3.58. The molecule has 0 aliphatic carbocycles. The summed E-state index contributed by atoms with van der Waals surface area (Å²) >= 11 is 0. The fourth-order valence-corrected chi connectivity index (χ4v) is 3.59. The highest BCUT2D eigenvalue weighted by Gasteiger charge is 2.45. The van der Waals surface area contributed by atoms with Crippen LogP contribution in [-0.2, 0) is 9.59 Å². The number of likely N-dealkylation sites (tertiary alicyclic amines) is 1. The zero-order chi connectivity index (χ0) is 23.3. The van der Waals surface area contributed by atoms with Gasteiger partial charge in [-0.1, -0.05) is 36.9 Å². The average Bonchev–Trinajstić information content (AvgIpc) is 3.06. The van der Waals surface area contributed by atoms with Crippen LogP contribution in [0.15, 0.2) is 66.8 Å². The Bertz CT molecular complexity index is 1030. The van der Waals surface area contributed by atoms with Gasteiger partial charge in [-0.3, -0.25) is 9.59 Å². The first kappa shape index (κ1) is 23.1. The largest absolute Gasteiger partial charge is 0.507 e. The third-order valence-electron chi connectivity index (χ3n) is 5.23. The molecular weight excluding hydrogens is 408 g/mol. The van der Waals surface area contributed by atoms with Crippen molar-refractivity contribution in [2.75, 3.05) is 40.9 Å². The van der Waals surface area contributed by atoms with Gasteiger partial charge in [0.25, 0.3) is 11.7 Å². The summed E-state index contributed by atoms with van der Waals surface area (Å²) in [5, 5.41) is 11.1. The topological polar surface area (TPSA) is 79.3 Å². The van der Waals surface area contributed by atoms with Crippen LogP contribution in [0, 0.1) is 0 Å². The third kappa shape index (κ3) is 4.84. The molecular formula is C25H28N2O5. The van der Waals surface area contributed by atoms with E-state index in [0.29, 0.717) is 42.3 Å².